The van der Waals surface area contributed by atoms with Gasteiger partial charge < -0.3 is 54.7 Å². The van der Waals surface area contributed by atoms with Gasteiger partial charge in [0.25, 0.3) is 0 Å². The maximum atomic E-state index is 12.9. The number of aliphatic hydroxyl groups is 6. The van der Waals surface area contributed by atoms with Crippen LogP contribution in [0.3, 0.4) is 0 Å². The van der Waals surface area contributed by atoms with Crippen molar-refractivity contribution >= 4 is 28.2 Å². The first-order valence-corrected chi connectivity index (χ1v) is 24.5. The number of rotatable bonds is 7. The maximum Gasteiger partial charge on any atom is 0.394 e. The fourth-order valence-electron chi connectivity index (χ4n) is 13.7. The lowest BCUT2D eigenvalue weighted by Gasteiger charge is -2.68. The lowest BCUT2D eigenvalue weighted by atomic mass is 9.49. The predicted molar refractivity (Wildman–Crippen MR) is 245 cm³/mol. The van der Waals surface area contributed by atoms with E-state index >= 15 is 0 Å². The molecule has 18 nitrogen and oxygen atoms in total. The first kappa shape index (κ1) is 51.8. The average Bonchev–Trinajstić information content (AvgIpc) is 3.44. The summed E-state index contributed by atoms with van der Waals surface area (Å²) in [6.45, 7) is 10.1. The van der Waals surface area contributed by atoms with Gasteiger partial charge in [-0.25, -0.2) is 4.79 Å². The van der Waals surface area contributed by atoms with Crippen molar-refractivity contribution in [3.63, 3.8) is 0 Å². The van der Waals surface area contributed by atoms with Crippen LogP contribution < -0.4 is 9.47 Å². The molecule has 2 aromatic rings. The Morgan fingerprint density at radius 1 is 0.882 bits per heavy atom. The standard InChI is InChI=1S/C32H49NO9.C17H16O4.H2O4S/c1-6-18(3)25(35)41-24-11-12-26(4)19-8-9-20-28(37)13-23(34)31(39)21(29(28,38)16-30(20,26)42-32(19,24)40)15-33-14-17(2)7-10-22(33)27(31,5)36;1-20-13-10-15(19)17(16(11-13)21-2)14(18)9-8-12-6-4-3-5-7-12;1-5(2,3)4/h6,17,19-24,34,36-40H,7-16H2,1-5H3;3-11,19H,1-2H3;(H2,1,2,3,4). The van der Waals surface area contributed by atoms with Gasteiger partial charge in [-0.2, -0.15) is 8.42 Å². The summed E-state index contributed by atoms with van der Waals surface area (Å²) in [5, 5.41) is 83.9. The number of piperidine rings is 2. The molecule has 19 heteroatoms. The average molecular weight is 974 g/mol. The summed E-state index contributed by atoms with van der Waals surface area (Å²) in [7, 11) is -1.75. The quantitative estimate of drug-likeness (QED) is 0.0828. The van der Waals surface area contributed by atoms with E-state index in [9.17, 15) is 45.3 Å². The molecule has 9 N–H and O–H groups in total. The molecule has 68 heavy (non-hydrogen) atoms. The number of esters is 1. The second kappa shape index (κ2) is 18.0. The van der Waals surface area contributed by atoms with Gasteiger partial charge in [-0.1, -0.05) is 56.3 Å². The van der Waals surface area contributed by atoms with Crippen molar-refractivity contribution in [1.82, 2.24) is 4.90 Å². The normalized spacial score (nSPS) is 41.3. The number of methoxy groups -OCH3 is 2. The summed E-state index contributed by atoms with van der Waals surface area (Å²) >= 11 is 0. The fourth-order valence-corrected chi connectivity index (χ4v) is 13.7. The molecule has 1 spiro atoms. The van der Waals surface area contributed by atoms with Gasteiger partial charge >= 0.3 is 16.4 Å². The minimum Gasteiger partial charge on any atom is -0.507 e. The number of carbonyl (C=O) groups excluding carboxylic acids is 2. The van der Waals surface area contributed by atoms with Crippen LogP contribution in [0, 0.1) is 29.1 Å². The van der Waals surface area contributed by atoms with Gasteiger partial charge in [0.1, 0.15) is 45.2 Å². The number of phenols is 1. The molecule has 0 aromatic heterocycles. The van der Waals surface area contributed by atoms with Crippen LogP contribution in [0.5, 0.6) is 17.2 Å². The highest BCUT2D eigenvalue weighted by Crippen LogP contribution is 2.78. The highest BCUT2D eigenvalue weighted by atomic mass is 32.3. The van der Waals surface area contributed by atoms with E-state index in [-0.39, 0.29) is 48.3 Å². The third-order valence-corrected chi connectivity index (χ3v) is 17.0. The SMILES string of the molecule is CC=C(C)C(=O)OC1CCC2(C)C3CCC4C5(O)CC(O)C6(O)C(CN7CC(C)CCC7C6(C)O)C5(O)CC42OC13O.COc1cc(O)c(C(=O)C=Cc2ccccc2)c(OC)c1.O=S(=O)(O)O. The Bertz CT molecular complexity index is 2420. The van der Waals surface area contributed by atoms with Crippen LogP contribution in [-0.2, 0) is 24.7 Å². The summed E-state index contributed by atoms with van der Waals surface area (Å²) in [4.78, 5) is 27.1. The van der Waals surface area contributed by atoms with E-state index in [1.54, 1.807) is 39.0 Å². The highest BCUT2D eigenvalue weighted by Gasteiger charge is 2.88. The van der Waals surface area contributed by atoms with Crippen LogP contribution >= 0.6 is 0 Å². The third-order valence-electron chi connectivity index (χ3n) is 17.0. The van der Waals surface area contributed by atoms with E-state index in [0.29, 0.717) is 55.9 Å². The number of aromatic hydroxyl groups is 1. The molecule has 4 bridgehead atoms. The number of fused-ring (bicyclic) bond motifs is 5. The Morgan fingerprint density at radius 2 is 1.53 bits per heavy atom. The topological polar surface area (TPSA) is 291 Å². The summed E-state index contributed by atoms with van der Waals surface area (Å²) < 4.78 is 54.4. The van der Waals surface area contributed by atoms with Gasteiger partial charge in [-0.3, -0.25) is 18.8 Å². The van der Waals surface area contributed by atoms with Crippen molar-refractivity contribution in [2.24, 2.45) is 29.1 Å². The molecule has 9 rings (SSSR count). The minimum absolute atomic E-state index is 0.0606. The van der Waals surface area contributed by atoms with Crippen LogP contribution in [0.15, 0.2) is 60.2 Å². The first-order valence-electron chi connectivity index (χ1n) is 23.1. The van der Waals surface area contributed by atoms with Crippen LogP contribution in [0.25, 0.3) is 6.08 Å². The summed E-state index contributed by atoms with van der Waals surface area (Å²) in [6.07, 6.45) is 5.38. The van der Waals surface area contributed by atoms with Crippen LogP contribution in [-0.4, -0.2) is 149 Å². The Labute approximate surface area is 396 Å². The van der Waals surface area contributed by atoms with Crippen LogP contribution in [0.2, 0.25) is 0 Å². The number of allylic oxidation sites excluding steroid dienone is 2. The van der Waals surface area contributed by atoms with E-state index in [0.717, 1.165) is 12.0 Å². The number of hydrogen-bond donors (Lipinski definition) is 9. The number of phenolic OH excluding ortho intramolecular Hbond substituents is 1. The van der Waals surface area contributed by atoms with Gasteiger partial charge in [-0.15, -0.1) is 0 Å². The van der Waals surface area contributed by atoms with Crippen molar-refractivity contribution < 1.29 is 81.8 Å². The lowest BCUT2D eigenvalue weighted by molar-refractivity contribution is -0.354. The number of aliphatic hydroxyl groups excluding tert-OH is 1. The molecule has 7 aliphatic rings. The molecular formula is C49H67NO17S. The molecule has 7 fully saturated rings. The number of ether oxygens (including phenoxy) is 4. The van der Waals surface area contributed by atoms with Gasteiger partial charge in [0, 0.05) is 72.8 Å². The van der Waals surface area contributed by atoms with Gasteiger partial charge in [0.2, 0.25) is 5.79 Å². The zero-order valence-electron chi connectivity index (χ0n) is 39.5. The fraction of sp³-hybridized carbons (Fsp3) is 0.633. The second-order valence-corrected chi connectivity index (χ2v) is 21.3. The van der Waals surface area contributed by atoms with E-state index in [2.05, 4.69) is 11.8 Å². The molecule has 4 aliphatic carbocycles. The smallest absolute Gasteiger partial charge is 0.394 e. The number of benzene rings is 2. The van der Waals surface area contributed by atoms with Crippen molar-refractivity contribution in [2.75, 3.05) is 27.3 Å². The summed E-state index contributed by atoms with van der Waals surface area (Å²) in [5.41, 5.74) is -7.94. The second-order valence-electron chi connectivity index (χ2n) is 20.5. The minimum atomic E-state index is -4.67. The molecule has 14 atom stereocenters. The first-order chi connectivity index (χ1) is 31.6. The molecule has 14 unspecified atom stereocenters. The Balaban J connectivity index is 0.000000220. The van der Waals surface area contributed by atoms with Crippen molar-refractivity contribution in [3.8, 4) is 17.2 Å². The lowest BCUT2D eigenvalue weighted by Crippen LogP contribution is -2.85. The molecule has 376 valence electrons. The number of carbonyl (C=O) groups is 2. The van der Waals surface area contributed by atoms with E-state index in [1.807, 2.05) is 37.3 Å². The van der Waals surface area contributed by atoms with Crippen molar-refractivity contribution in [1.29, 1.82) is 0 Å². The number of ketones is 1. The third kappa shape index (κ3) is 8.08. The Kier molecular flexibility index (Phi) is 13.7. The number of nitrogens with zero attached hydrogens (tertiary/aromatic N) is 1. The van der Waals surface area contributed by atoms with E-state index in [1.165, 1.54) is 26.4 Å². The Hall–Kier alpha value is -3.99. The van der Waals surface area contributed by atoms with Crippen molar-refractivity contribution in [2.45, 2.75) is 138 Å². The molecule has 3 heterocycles. The zero-order valence-corrected chi connectivity index (χ0v) is 40.3. The van der Waals surface area contributed by atoms with Crippen LogP contribution in [0.1, 0.15) is 102 Å². The molecule has 2 aromatic carbocycles. The molecule has 0 amide bonds. The predicted octanol–water partition coefficient (Wildman–Crippen LogP) is 3.64. The zero-order chi connectivity index (χ0) is 50.2. The van der Waals surface area contributed by atoms with Crippen molar-refractivity contribution in [3.05, 3.63) is 71.3 Å². The number of hydrogen-bond acceptors (Lipinski definition) is 16. The molecule has 3 saturated heterocycles. The van der Waals surface area contributed by atoms with E-state index < -0.39 is 85.5 Å². The summed E-state index contributed by atoms with van der Waals surface area (Å²) in [5.74, 6) is -3.86. The molecule has 4 saturated carbocycles. The Morgan fingerprint density at radius 3 is 2.15 bits per heavy atom. The largest absolute Gasteiger partial charge is 0.507 e. The molecule has 3 aliphatic heterocycles. The van der Waals surface area contributed by atoms with E-state index in [4.69, 9.17) is 36.5 Å². The molecular weight excluding hydrogens is 907 g/mol. The molecule has 0 radical (unpaired) electrons. The highest BCUT2D eigenvalue weighted by molar-refractivity contribution is 7.79. The monoisotopic (exact) mass is 973 g/mol. The van der Waals surface area contributed by atoms with Gasteiger partial charge in [0.15, 0.2) is 11.9 Å². The van der Waals surface area contributed by atoms with Gasteiger partial charge in [-0.05, 0) is 76.9 Å². The van der Waals surface area contributed by atoms with Gasteiger partial charge in [0.05, 0.1) is 25.9 Å². The summed E-state index contributed by atoms with van der Waals surface area (Å²) in [6, 6.07) is 12.0. The maximum absolute atomic E-state index is 12.9. The van der Waals surface area contributed by atoms with Crippen LogP contribution in [0.4, 0.5) is 0 Å².